The lowest BCUT2D eigenvalue weighted by Gasteiger charge is -2.02. The maximum absolute atomic E-state index is 8.79. The van der Waals surface area contributed by atoms with Crippen LogP contribution in [-0.4, -0.2) is 10.9 Å². The van der Waals surface area contributed by atoms with E-state index in [9.17, 15) is 0 Å². The highest BCUT2D eigenvalue weighted by Gasteiger charge is 2.01. The van der Waals surface area contributed by atoms with Gasteiger partial charge >= 0.3 is 0 Å². The van der Waals surface area contributed by atoms with Crippen LogP contribution in [0.3, 0.4) is 0 Å². The Labute approximate surface area is 78.9 Å². The van der Waals surface area contributed by atoms with Crippen molar-refractivity contribution in [2.45, 2.75) is 26.2 Å². The lowest BCUT2D eigenvalue weighted by Crippen LogP contribution is -2.00. The van der Waals surface area contributed by atoms with Gasteiger partial charge in [-0.05, 0) is 18.4 Å². The van der Waals surface area contributed by atoms with Gasteiger partial charge in [0.1, 0.15) is 0 Å². The van der Waals surface area contributed by atoms with Crippen LogP contribution >= 0.6 is 0 Å². The van der Waals surface area contributed by atoms with Gasteiger partial charge in [0.2, 0.25) is 0 Å². The number of hydrogen-bond acceptors (Lipinski definition) is 2. The van der Waals surface area contributed by atoms with Crippen LogP contribution < -0.4 is 0 Å². The Morgan fingerprint density at radius 2 is 2.00 bits per heavy atom. The predicted octanol–water partition coefficient (Wildman–Crippen LogP) is 3.06. The van der Waals surface area contributed by atoms with Gasteiger partial charge in [0.15, 0.2) is 0 Å². The molecule has 0 radical (unpaired) electrons. The molecule has 0 aliphatic carbocycles. The monoisotopic (exact) mass is 177 g/mol. The molecule has 2 heteroatoms. The fraction of sp³-hybridized carbons (Fsp3) is 0.364. The highest BCUT2D eigenvalue weighted by molar-refractivity contribution is 6.00. The van der Waals surface area contributed by atoms with Gasteiger partial charge in [0.05, 0.1) is 5.71 Å². The summed E-state index contributed by atoms with van der Waals surface area (Å²) in [6.45, 7) is 2.12. The number of rotatable bonds is 4. The molecule has 13 heavy (non-hydrogen) atoms. The van der Waals surface area contributed by atoms with E-state index in [0.717, 1.165) is 30.5 Å². The van der Waals surface area contributed by atoms with Crippen molar-refractivity contribution in [3.8, 4) is 0 Å². The van der Waals surface area contributed by atoms with E-state index in [1.54, 1.807) is 0 Å². The summed E-state index contributed by atoms with van der Waals surface area (Å²) in [5, 5.41) is 12.1. The van der Waals surface area contributed by atoms with Crippen LogP contribution in [0.25, 0.3) is 0 Å². The molecule has 0 amide bonds. The summed E-state index contributed by atoms with van der Waals surface area (Å²) >= 11 is 0. The Morgan fingerprint density at radius 1 is 1.31 bits per heavy atom. The zero-order chi connectivity index (χ0) is 9.52. The van der Waals surface area contributed by atoms with Gasteiger partial charge in [-0.25, -0.2) is 0 Å². The molecule has 70 valence electrons. The third-order valence-corrected chi connectivity index (χ3v) is 1.99. The first kappa shape index (κ1) is 9.78. The molecule has 1 N–H and O–H groups in total. The molecule has 0 aromatic heterocycles. The average molecular weight is 177 g/mol. The molecule has 1 aromatic rings. The van der Waals surface area contributed by atoms with Gasteiger partial charge in [-0.1, -0.05) is 48.8 Å². The number of nitrogens with zero attached hydrogens (tertiary/aromatic N) is 1. The van der Waals surface area contributed by atoms with E-state index >= 15 is 0 Å². The summed E-state index contributed by atoms with van der Waals surface area (Å²) in [6.07, 6.45) is 3.02. The minimum atomic E-state index is 0.780. The zero-order valence-electron chi connectivity index (χ0n) is 7.90. The van der Waals surface area contributed by atoms with Crippen LogP contribution in [0.5, 0.6) is 0 Å². The van der Waals surface area contributed by atoms with Crippen molar-refractivity contribution in [1.29, 1.82) is 0 Å². The molecule has 0 saturated heterocycles. The van der Waals surface area contributed by atoms with Crippen molar-refractivity contribution in [1.82, 2.24) is 0 Å². The SMILES string of the molecule is CCCCC(=NO)c1ccccc1. The van der Waals surface area contributed by atoms with Gasteiger partial charge in [-0.2, -0.15) is 0 Å². The molecule has 2 nitrogen and oxygen atoms in total. The predicted molar refractivity (Wildman–Crippen MR) is 54.3 cm³/mol. The largest absolute Gasteiger partial charge is 0.411 e. The second kappa shape index (κ2) is 5.36. The van der Waals surface area contributed by atoms with Crippen LogP contribution in [0, 0.1) is 0 Å². The molecule has 0 bridgehead atoms. The van der Waals surface area contributed by atoms with Gasteiger partial charge in [-0.3, -0.25) is 0 Å². The van der Waals surface area contributed by atoms with Crippen molar-refractivity contribution < 1.29 is 5.21 Å². The van der Waals surface area contributed by atoms with Crippen molar-refractivity contribution in [2.24, 2.45) is 5.16 Å². The maximum Gasteiger partial charge on any atom is 0.0867 e. The molecule has 0 saturated carbocycles. The first-order valence-corrected chi connectivity index (χ1v) is 4.64. The minimum absolute atomic E-state index is 0.780. The molecule has 0 heterocycles. The third-order valence-electron chi connectivity index (χ3n) is 1.99. The molecule has 0 spiro atoms. The van der Waals surface area contributed by atoms with Crippen LogP contribution in [0.2, 0.25) is 0 Å². The Hall–Kier alpha value is -1.31. The second-order valence-corrected chi connectivity index (χ2v) is 3.02. The molecular weight excluding hydrogens is 162 g/mol. The summed E-state index contributed by atoms with van der Waals surface area (Å²) in [5.41, 5.74) is 1.79. The summed E-state index contributed by atoms with van der Waals surface area (Å²) in [6, 6.07) is 9.78. The molecule has 1 rings (SSSR count). The van der Waals surface area contributed by atoms with Crippen molar-refractivity contribution in [3.05, 3.63) is 35.9 Å². The summed E-state index contributed by atoms with van der Waals surface area (Å²) < 4.78 is 0. The van der Waals surface area contributed by atoms with E-state index in [0.29, 0.717) is 0 Å². The zero-order valence-corrected chi connectivity index (χ0v) is 7.90. The molecule has 1 aromatic carbocycles. The second-order valence-electron chi connectivity index (χ2n) is 3.02. The lowest BCUT2D eigenvalue weighted by molar-refractivity contribution is 0.318. The quantitative estimate of drug-likeness (QED) is 0.428. The Kier molecular flexibility index (Phi) is 4.03. The maximum atomic E-state index is 8.79. The normalized spacial score (nSPS) is 11.6. The van der Waals surface area contributed by atoms with E-state index in [-0.39, 0.29) is 0 Å². The fourth-order valence-electron chi connectivity index (χ4n) is 1.23. The average Bonchev–Trinajstić information content (AvgIpc) is 2.21. The van der Waals surface area contributed by atoms with Crippen molar-refractivity contribution >= 4 is 5.71 Å². The van der Waals surface area contributed by atoms with E-state index in [1.807, 2.05) is 30.3 Å². The van der Waals surface area contributed by atoms with Crippen LogP contribution in [0.15, 0.2) is 35.5 Å². The van der Waals surface area contributed by atoms with Crippen LogP contribution in [-0.2, 0) is 0 Å². The van der Waals surface area contributed by atoms with E-state index in [2.05, 4.69) is 12.1 Å². The number of benzene rings is 1. The minimum Gasteiger partial charge on any atom is -0.411 e. The highest BCUT2D eigenvalue weighted by Crippen LogP contribution is 2.07. The number of oxime groups is 1. The summed E-state index contributed by atoms with van der Waals surface area (Å²) in [5.74, 6) is 0. The Bertz CT molecular complexity index is 267. The number of unbranched alkanes of at least 4 members (excludes halogenated alkanes) is 1. The molecular formula is C11H15NO. The molecule has 0 unspecified atom stereocenters. The summed E-state index contributed by atoms with van der Waals surface area (Å²) in [7, 11) is 0. The molecule has 0 fully saturated rings. The van der Waals surface area contributed by atoms with Gasteiger partial charge < -0.3 is 5.21 Å². The topological polar surface area (TPSA) is 32.6 Å². The van der Waals surface area contributed by atoms with Gasteiger partial charge in [-0.15, -0.1) is 0 Å². The summed E-state index contributed by atoms with van der Waals surface area (Å²) in [4.78, 5) is 0. The van der Waals surface area contributed by atoms with Crippen LogP contribution in [0.4, 0.5) is 0 Å². The lowest BCUT2D eigenvalue weighted by atomic mass is 10.1. The van der Waals surface area contributed by atoms with E-state index < -0.39 is 0 Å². The first-order valence-electron chi connectivity index (χ1n) is 4.64. The van der Waals surface area contributed by atoms with E-state index in [4.69, 9.17) is 5.21 Å². The molecule has 0 aliphatic rings. The fourth-order valence-corrected chi connectivity index (χ4v) is 1.23. The van der Waals surface area contributed by atoms with Gasteiger partial charge in [0.25, 0.3) is 0 Å². The standard InChI is InChI=1S/C11H15NO/c1-2-3-9-11(12-13)10-7-5-4-6-8-10/h4-8,13H,2-3,9H2,1H3. The Morgan fingerprint density at radius 3 is 2.54 bits per heavy atom. The van der Waals surface area contributed by atoms with Crippen molar-refractivity contribution in [2.75, 3.05) is 0 Å². The number of hydrogen-bond donors (Lipinski definition) is 1. The highest BCUT2D eigenvalue weighted by atomic mass is 16.4. The first-order chi connectivity index (χ1) is 6.38. The van der Waals surface area contributed by atoms with E-state index in [1.165, 1.54) is 0 Å². The van der Waals surface area contributed by atoms with Gasteiger partial charge in [0, 0.05) is 0 Å². The van der Waals surface area contributed by atoms with Crippen molar-refractivity contribution in [3.63, 3.8) is 0 Å². The third kappa shape index (κ3) is 2.90. The molecule has 0 aliphatic heterocycles. The smallest absolute Gasteiger partial charge is 0.0867 e. The van der Waals surface area contributed by atoms with Crippen LogP contribution in [0.1, 0.15) is 31.7 Å². The Balaban J connectivity index is 2.69. The molecule has 0 atom stereocenters.